The Balaban J connectivity index is 1.74. The maximum absolute atomic E-state index is 11.8. The van der Waals surface area contributed by atoms with Crippen LogP contribution >= 0.6 is 0 Å². The van der Waals surface area contributed by atoms with Crippen LogP contribution in [0.4, 0.5) is 5.69 Å². The number of anilines is 1. The van der Waals surface area contributed by atoms with Crippen LogP contribution in [0.1, 0.15) is 44.3 Å². The van der Waals surface area contributed by atoms with Crippen molar-refractivity contribution in [2.24, 2.45) is 0 Å². The number of nitrogens with one attached hydrogen (secondary N) is 1. The first-order valence-corrected chi connectivity index (χ1v) is 7.21. The monoisotopic (exact) mass is 304 g/mol. The lowest BCUT2D eigenvalue weighted by Crippen LogP contribution is -2.11. The highest BCUT2D eigenvalue weighted by atomic mass is 16.5. The minimum atomic E-state index is -0.0736. The summed E-state index contributed by atoms with van der Waals surface area (Å²) >= 11 is 0. The van der Waals surface area contributed by atoms with Gasteiger partial charge in [0.1, 0.15) is 0 Å². The van der Waals surface area contributed by atoms with Gasteiger partial charge >= 0.3 is 0 Å². The van der Waals surface area contributed by atoms with Crippen LogP contribution in [-0.2, 0) is 11.2 Å². The molecule has 0 saturated heterocycles. The molecule has 0 radical (unpaired) electrons. The molecule has 0 bridgehead atoms. The zero-order valence-corrected chi connectivity index (χ0v) is 13.0. The second-order valence-corrected chi connectivity index (χ2v) is 5.19. The highest BCUT2D eigenvalue weighted by Crippen LogP contribution is 2.13. The summed E-state index contributed by atoms with van der Waals surface area (Å²) < 4.78 is 10.1. The number of hydrogen-bond acceptors (Lipinski definition) is 6. The van der Waals surface area contributed by atoms with E-state index in [2.05, 4.69) is 20.4 Å². The number of aromatic nitrogens is 3. The second kappa shape index (κ2) is 7.53. The molecule has 2 heterocycles. The van der Waals surface area contributed by atoms with Crippen LogP contribution in [0.5, 0.6) is 5.88 Å². The van der Waals surface area contributed by atoms with Crippen molar-refractivity contribution < 1.29 is 14.1 Å². The van der Waals surface area contributed by atoms with Gasteiger partial charge in [-0.1, -0.05) is 19.0 Å². The SMILES string of the molecule is COc1ccc(NC(=O)CCCc2nc(C(C)C)no2)cn1. The zero-order valence-electron chi connectivity index (χ0n) is 13.0. The summed E-state index contributed by atoms with van der Waals surface area (Å²) in [5.41, 5.74) is 0.644. The molecule has 0 aliphatic heterocycles. The Hall–Kier alpha value is -2.44. The van der Waals surface area contributed by atoms with Crippen LogP contribution in [0.25, 0.3) is 0 Å². The molecule has 118 valence electrons. The third-order valence-electron chi connectivity index (χ3n) is 3.02. The Morgan fingerprint density at radius 2 is 2.23 bits per heavy atom. The van der Waals surface area contributed by atoms with Gasteiger partial charge < -0.3 is 14.6 Å². The van der Waals surface area contributed by atoms with E-state index in [0.717, 1.165) is 0 Å². The summed E-state index contributed by atoms with van der Waals surface area (Å²) in [7, 11) is 1.54. The van der Waals surface area contributed by atoms with Crippen molar-refractivity contribution in [2.75, 3.05) is 12.4 Å². The molecule has 22 heavy (non-hydrogen) atoms. The predicted octanol–water partition coefficient (Wildman–Crippen LogP) is 2.56. The summed E-state index contributed by atoms with van der Waals surface area (Å²) in [6.45, 7) is 4.01. The van der Waals surface area contributed by atoms with Crippen molar-refractivity contribution in [3.63, 3.8) is 0 Å². The molecular formula is C15H20N4O3. The molecule has 0 spiro atoms. The molecule has 1 amide bonds. The number of nitrogens with zero attached hydrogens (tertiary/aromatic N) is 3. The van der Waals surface area contributed by atoms with Crippen molar-refractivity contribution in [3.05, 3.63) is 30.0 Å². The molecule has 2 rings (SSSR count). The summed E-state index contributed by atoms with van der Waals surface area (Å²) in [5.74, 6) is 1.95. The van der Waals surface area contributed by atoms with E-state index in [9.17, 15) is 4.79 Å². The molecular weight excluding hydrogens is 284 g/mol. The fraction of sp³-hybridized carbons (Fsp3) is 0.467. The minimum Gasteiger partial charge on any atom is -0.481 e. The summed E-state index contributed by atoms with van der Waals surface area (Å²) in [6, 6.07) is 3.44. The number of pyridine rings is 1. The highest BCUT2D eigenvalue weighted by molar-refractivity contribution is 5.90. The number of aryl methyl sites for hydroxylation is 1. The Morgan fingerprint density at radius 1 is 1.41 bits per heavy atom. The van der Waals surface area contributed by atoms with E-state index in [-0.39, 0.29) is 11.8 Å². The fourth-order valence-corrected chi connectivity index (χ4v) is 1.80. The van der Waals surface area contributed by atoms with Crippen LogP contribution in [-0.4, -0.2) is 28.1 Å². The lowest BCUT2D eigenvalue weighted by atomic mass is 10.2. The quantitative estimate of drug-likeness (QED) is 0.845. The number of methoxy groups -OCH3 is 1. The van der Waals surface area contributed by atoms with E-state index < -0.39 is 0 Å². The van der Waals surface area contributed by atoms with Crippen molar-refractivity contribution in [2.45, 2.75) is 39.0 Å². The minimum absolute atomic E-state index is 0.0736. The van der Waals surface area contributed by atoms with Crippen molar-refractivity contribution >= 4 is 11.6 Å². The molecule has 2 aromatic heterocycles. The van der Waals surface area contributed by atoms with Crippen molar-refractivity contribution in [3.8, 4) is 5.88 Å². The van der Waals surface area contributed by atoms with Crippen LogP contribution in [0.3, 0.4) is 0 Å². The standard InChI is InChI=1S/C15H20N4O3/c1-10(2)15-18-14(22-19-15)6-4-5-12(20)17-11-7-8-13(21-3)16-9-11/h7-10H,4-6H2,1-3H3,(H,17,20). The molecule has 0 atom stereocenters. The first-order valence-electron chi connectivity index (χ1n) is 7.21. The molecule has 7 heteroatoms. The van der Waals surface area contributed by atoms with Gasteiger partial charge in [0.05, 0.1) is 19.0 Å². The number of amides is 1. The van der Waals surface area contributed by atoms with Gasteiger partial charge in [-0.3, -0.25) is 4.79 Å². The largest absolute Gasteiger partial charge is 0.481 e. The predicted molar refractivity (Wildman–Crippen MR) is 80.7 cm³/mol. The topological polar surface area (TPSA) is 90.1 Å². The van der Waals surface area contributed by atoms with Crippen LogP contribution in [0.15, 0.2) is 22.9 Å². The van der Waals surface area contributed by atoms with Crippen LogP contribution in [0, 0.1) is 0 Å². The van der Waals surface area contributed by atoms with Gasteiger partial charge in [0.15, 0.2) is 5.82 Å². The maximum atomic E-state index is 11.8. The van der Waals surface area contributed by atoms with Crippen LogP contribution in [0.2, 0.25) is 0 Å². The molecule has 7 nitrogen and oxygen atoms in total. The van der Waals surface area contributed by atoms with E-state index >= 15 is 0 Å². The molecule has 0 aliphatic rings. The van der Waals surface area contributed by atoms with Crippen molar-refractivity contribution in [1.82, 2.24) is 15.1 Å². The van der Waals surface area contributed by atoms with E-state index in [1.165, 1.54) is 0 Å². The lowest BCUT2D eigenvalue weighted by Gasteiger charge is -2.05. The second-order valence-electron chi connectivity index (χ2n) is 5.19. The van der Waals surface area contributed by atoms with E-state index in [1.807, 2.05) is 13.8 Å². The van der Waals surface area contributed by atoms with Crippen molar-refractivity contribution in [1.29, 1.82) is 0 Å². The molecule has 0 unspecified atom stereocenters. The normalized spacial score (nSPS) is 10.7. The Morgan fingerprint density at radius 3 is 2.82 bits per heavy atom. The van der Waals surface area contributed by atoms with Gasteiger partial charge in [-0.15, -0.1) is 0 Å². The number of rotatable bonds is 7. The molecule has 0 saturated carbocycles. The molecule has 0 aromatic carbocycles. The summed E-state index contributed by atoms with van der Waals surface area (Å²) in [4.78, 5) is 20.1. The third-order valence-corrected chi connectivity index (χ3v) is 3.02. The first-order chi connectivity index (χ1) is 10.6. The van der Waals surface area contributed by atoms with Gasteiger partial charge in [0, 0.05) is 24.8 Å². The number of carbonyl (C=O) groups excluding carboxylic acids is 1. The molecule has 0 aliphatic carbocycles. The lowest BCUT2D eigenvalue weighted by molar-refractivity contribution is -0.116. The molecule has 0 fully saturated rings. The van der Waals surface area contributed by atoms with E-state index in [1.54, 1.807) is 25.4 Å². The summed E-state index contributed by atoms with van der Waals surface area (Å²) in [6.07, 6.45) is 3.18. The van der Waals surface area contributed by atoms with Gasteiger partial charge in [0.2, 0.25) is 17.7 Å². The van der Waals surface area contributed by atoms with Crippen LogP contribution < -0.4 is 10.1 Å². The molecule has 1 N–H and O–H groups in total. The third kappa shape index (κ3) is 4.54. The fourth-order valence-electron chi connectivity index (χ4n) is 1.80. The van der Waals surface area contributed by atoms with Gasteiger partial charge in [0.25, 0.3) is 0 Å². The molecule has 2 aromatic rings. The smallest absolute Gasteiger partial charge is 0.226 e. The summed E-state index contributed by atoms with van der Waals surface area (Å²) in [5, 5.41) is 6.67. The Labute approximate surface area is 129 Å². The average molecular weight is 304 g/mol. The van der Waals surface area contributed by atoms with Gasteiger partial charge in [-0.2, -0.15) is 4.98 Å². The van der Waals surface area contributed by atoms with Gasteiger partial charge in [-0.05, 0) is 12.5 Å². The van der Waals surface area contributed by atoms with E-state index in [0.29, 0.717) is 42.5 Å². The van der Waals surface area contributed by atoms with Gasteiger partial charge in [-0.25, -0.2) is 4.98 Å². The number of ether oxygens (including phenoxy) is 1. The maximum Gasteiger partial charge on any atom is 0.226 e. The average Bonchev–Trinajstić information content (AvgIpc) is 2.97. The Bertz CT molecular complexity index is 608. The first kappa shape index (κ1) is 15.9. The Kier molecular flexibility index (Phi) is 5.46. The zero-order chi connectivity index (χ0) is 15.9. The number of hydrogen-bond donors (Lipinski definition) is 1. The highest BCUT2D eigenvalue weighted by Gasteiger charge is 2.10. The van der Waals surface area contributed by atoms with E-state index in [4.69, 9.17) is 9.26 Å². The number of carbonyl (C=O) groups is 1.